The third kappa shape index (κ3) is 3.72. The summed E-state index contributed by atoms with van der Waals surface area (Å²) in [5, 5.41) is 3.68. The molecule has 4 rings (SSSR count). The van der Waals surface area contributed by atoms with Crippen LogP contribution in [0.1, 0.15) is 16.7 Å². The minimum Gasteiger partial charge on any atom is -0.350 e. The lowest BCUT2D eigenvalue weighted by Gasteiger charge is -2.16. The molecule has 4 nitrogen and oxygen atoms in total. The van der Waals surface area contributed by atoms with Gasteiger partial charge in [0.15, 0.2) is 0 Å². The van der Waals surface area contributed by atoms with Crippen LogP contribution in [-0.2, 0) is 16.1 Å². The molecular formula is C24H18ClFN2O2. The van der Waals surface area contributed by atoms with Gasteiger partial charge in [-0.25, -0.2) is 4.39 Å². The third-order valence-electron chi connectivity index (χ3n) is 5.01. The summed E-state index contributed by atoms with van der Waals surface area (Å²) < 4.78 is 13.2. The van der Waals surface area contributed by atoms with Crippen molar-refractivity contribution < 1.29 is 14.0 Å². The van der Waals surface area contributed by atoms with Crippen molar-refractivity contribution >= 4 is 34.7 Å². The molecule has 0 unspecified atom stereocenters. The maximum atomic E-state index is 13.2. The summed E-state index contributed by atoms with van der Waals surface area (Å²) in [6.07, 6.45) is 0. The molecule has 1 aliphatic heterocycles. The highest BCUT2D eigenvalue weighted by atomic mass is 35.5. The van der Waals surface area contributed by atoms with Crippen molar-refractivity contribution in [3.05, 3.63) is 106 Å². The van der Waals surface area contributed by atoms with Gasteiger partial charge < -0.3 is 5.32 Å². The minimum atomic E-state index is -0.442. The number of hydrogen-bond donors (Lipinski definition) is 1. The number of benzene rings is 3. The number of hydrogen-bond acceptors (Lipinski definition) is 3. The monoisotopic (exact) mass is 420 g/mol. The molecule has 0 atom stereocenters. The van der Waals surface area contributed by atoms with Crippen LogP contribution >= 0.6 is 11.6 Å². The van der Waals surface area contributed by atoms with E-state index in [-0.39, 0.29) is 18.1 Å². The molecule has 0 bridgehead atoms. The molecular weight excluding hydrogens is 403 g/mol. The number of rotatable bonds is 5. The molecule has 0 radical (unpaired) electrons. The molecule has 150 valence electrons. The van der Waals surface area contributed by atoms with Crippen molar-refractivity contribution in [3.63, 3.8) is 0 Å². The second-order valence-electron chi connectivity index (χ2n) is 6.98. The van der Waals surface area contributed by atoms with E-state index in [4.69, 9.17) is 11.6 Å². The van der Waals surface area contributed by atoms with Crippen molar-refractivity contribution in [2.45, 2.75) is 13.5 Å². The molecule has 1 N–H and O–H groups in total. The van der Waals surface area contributed by atoms with Crippen LogP contribution in [0.5, 0.6) is 0 Å². The van der Waals surface area contributed by atoms with Crippen LogP contribution in [0.2, 0.25) is 5.02 Å². The lowest BCUT2D eigenvalue weighted by atomic mass is 10.0. The largest absolute Gasteiger partial charge is 0.350 e. The second kappa shape index (κ2) is 8.13. The summed E-state index contributed by atoms with van der Waals surface area (Å²) in [4.78, 5) is 27.7. The molecule has 30 heavy (non-hydrogen) atoms. The van der Waals surface area contributed by atoms with Gasteiger partial charge in [-0.3, -0.25) is 14.5 Å². The van der Waals surface area contributed by atoms with Crippen LogP contribution in [0.4, 0.5) is 10.1 Å². The Morgan fingerprint density at radius 2 is 1.60 bits per heavy atom. The van der Waals surface area contributed by atoms with E-state index < -0.39 is 11.8 Å². The predicted octanol–water partition coefficient (Wildman–Crippen LogP) is 5.18. The average Bonchev–Trinajstić information content (AvgIpc) is 2.98. The normalized spacial score (nSPS) is 13.9. The second-order valence-corrected chi connectivity index (χ2v) is 7.38. The Morgan fingerprint density at radius 1 is 0.900 bits per heavy atom. The van der Waals surface area contributed by atoms with E-state index in [9.17, 15) is 14.0 Å². The molecule has 0 aromatic heterocycles. The van der Waals surface area contributed by atoms with Gasteiger partial charge in [0.1, 0.15) is 11.5 Å². The molecule has 2 amide bonds. The number of imide groups is 1. The average molecular weight is 421 g/mol. The first-order valence-corrected chi connectivity index (χ1v) is 9.76. The van der Waals surface area contributed by atoms with E-state index in [1.54, 1.807) is 42.5 Å². The van der Waals surface area contributed by atoms with E-state index in [0.29, 0.717) is 27.4 Å². The predicted molar refractivity (Wildman–Crippen MR) is 115 cm³/mol. The maximum Gasteiger partial charge on any atom is 0.278 e. The van der Waals surface area contributed by atoms with Crippen LogP contribution in [0.3, 0.4) is 0 Å². The first kappa shape index (κ1) is 19.9. The van der Waals surface area contributed by atoms with Gasteiger partial charge >= 0.3 is 0 Å². The Labute approximate surface area is 178 Å². The van der Waals surface area contributed by atoms with Crippen molar-refractivity contribution in [3.8, 4) is 0 Å². The summed E-state index contributed by atoms with van der Waals surface area (Å²) in [5.41, 5.74) is 3.21. The van der Waals surface area contributed by atoms with Gasteiger partial charge in [0.2, 0.25) is 0 Å². The molecule has 3 aromatic rings. The Kier molecular flexibility index (Phi) is 5.38. The van der Waals surface area contributed by atoms with Gasteiger partial charge in [-0.05, 0) is 47.9 Å². The summed E-state index contributed by atoms with van der Waals surface area (Å²) in [6.45, 7) is 1.89. The van der Waals surface area contributed by atoms with Crippen LogP contribution < -0.4 is 5.32 Å². The minimum absolute atomic E-state index is 0.0496. The van der Waals surface area contributed by atoms with Crippen molar-refractivity contribution in [1.29, 1.82) is 0 Å². The first-order chi connectivity index (χ1) is 14.5. The zero-order chi connectivity index (χ0) is 21.3. The smallest absolute Gasteiger partial charge is 0.278 e. The standard InChI is InChI=1S/C24H18ClFN2O2/c1-15-19(25)8-5-9-20(15)27-22-21(17-6-3-2-4-7-17)23(29)28(24(22)30)14-16-10-12-18(26)13-11-16/h2-13,27H,14H2,1H3. The lowest BCUT2D eigenvalue weighted by molar-refractivity contribution is -0.137. The molecule has 3 aromatic carbocycles. The van der Waals surface area contributed by atoms with Gasteiger partial charge in [0.05, 0.1) is 12.1 Å². The van der Waals surface area contributed by atoms with E-state index in [0.717, 1.165) is 10.5 Å². The van der Waals surface area contributed by atoms with E-state index in [1.165, 1.54) is 12.1 Å². The molecule has 6 heteroatoms. The zero-order valence-corrected chi connectivity index (χ0v) is 16.9. The van der Waals surface area contributed by atoms with Gasteiger partial charge in [-0.15, -0.1) is 0 Å². The highest BCUT2D eigenvalue weighted by molar-refractivity contribution is 6.36. The highest BCUT2D eigenvalue weighted by Crippen LogP contribution is 2.33. The fourth-order valence-electron chi connectivity index (χ4n) is 3.36. The molecule has 0 saturated carbocycles. The number of anilines is 1. The summed E-state index contributed by atoms with van der Waals surface area (Å²) in [6, 6.07) is 20.1. The van der Waals surface area contributed by atoms with Crippen LogP contribution in [0, 0.1) is 12.7 Å². The molecule has 0 saturated heterocycles. The maximum absolute atomic E-state index is 13.2. The SMILES string of the molecule is Cc1c(Cl)cccc1NC1=C(c2ccccc2)C(=O)N(Cc2ccc(F)cc2)C1=O. The number of amides is 2. The topological polar surface area (TPSA) is 49.4 Å². The summed E-state index contributed by atoms with van der Waals surface area (Å²) >= 11 is 6.22. The van der Waals surface area contributed by atoms with Crippen LogP contribution in [0.25, 0.3) is 5.57 Å². The summed E-state index contributed by atoms with van der Waals surface area (Å²) in [7, 11) is 0. The molecule has 1 heterocycles. The van der Waals surface area contributed by atoms with Gasteiger partial charge in [-0.2, -0.15) is 0 Å². The van der Waals surface area contributed by atoms with Gasteiger partial charge in [-0.1, -0.05) is 60.1 Å². The Hall–Kier alpha value is -3.44. The molecule has 1 aliphatic rings. The lowest BCUT2D eigenvalue weighted by Crippen LogP contribution is -2.32. The number of carbonyl (C=O) groups is 2. The van der Waals surface area contributed by atoms with E-state index in [2.05, 4.69) is 5.32 Å². The van der Waals surface area contributed by atoms with Gasteiger partial charge in [0.25, 0.3) is 11.8 Å². The first-order valence-electron chi connectivity index (χ1n) is 9.38. The quantitative estimate of drug-likeness (QED) is 0.578. The van der Waals surface area contributed by atoms with E-state index >= 15 is 0 Å². The number of halogens is 2. The molecule has 0 fully saturated rings. The van der Waals surface area contributed by atoms with Crippen molar-refractivity contribution in [1.82, 2.24) is 4.90 Å². The van der Waals surface area contributed by atoms with Crippen molar-refractivity contribution in [2.24, 2.45) is 0 Å². The third-order valence-corrected chi connectivity index (χ3v) is 5.42. The molecule has 0 aliphatic carbocycles. The number of nitrogens with one attached hydrogen (secondary N) is 1. The molecule has 0 spiro atoms. The Balaban J connectivity index is 1.75. The zero-order valence-electron chi connectivity index (χ0n) is 16.2. The Morgan fingerprint density at radius 3 is 2.30 bits per heavy atom. The Bertz CT molecular complexity index is 1160. The van der Waals surface area contributed by atoms with Crippen LogP contribution in [0.15, 0.2) is 78.5 Å². The number of nitrogens with zero attached hydrogens (tertiary/aromatic N) is 1. The highest BCUT2D eigenvalue weighted by Gasteiger charge is 2.39. The van der Waals surface area contributed by atoms with Gasteiger partial charge in [0, 0.05) is 10.7 Å². The van der Waals surface area contributed by atoms with E-state index in [1.807, 2.05) is 25.1 Å². The van der Waals surface area contributed by atoms with Crippen molar-refractivity contribution in [2.75, 3.05) is 5.32 Å². The fourth-order valence-corrected chi connectivity index (χ4v) is 3.53. The fraction of sp³-hybridized carbons (Fsp3) is 0.0833. The number of carbonyl (C=O) groups excluding carboxylic acids is 2. The van der Waals surface area contributed by atoms with Crippen LogP contribution in [-0.4, -0.2) is 16.7 Å². The summed E-state index contributed by atoms with van der Waals surface area (Å²) in [5.74, 6) is -1.22.